The van der Waals surface area contributed by atoms with Crippen molar-refractivity contribution >= 4 is 11.8 Å². The van der Waals surface area contributed by atoms with Crippen molar-refractivity contribution in [3.8, 4) is 0 Å². The molecule has 0 bridgehead atoms. The second-order valence-electron chi connectivity index (χ2n) is 3.03. The van der Waals surface area contributed by atoms with Gasteiger partial charge in [0, 0.05) is 0 Å². The highest BCUT2D eigenvalue weighted by atomic mass is 16.5. The monoisotopic (exact) mass is 195 g/mol. The van der Waals surface area contributed by atoms with Gasteiger partial charge in [-0.1, -0.05) is 0 Å². The van der Waals surface area contributed by atoms with Crippen LogP contribution in [0.1, 0.15) is 27.3 Å². The van der Waals surface area contributed by atoms with Gasteiger partial charge in [-0.3, -0.25) is 5.41 Å². The van der Waals surface area contributed by atoms with E-state index in [4.69, 9.17) is 11.1 Å². The highest BCUT2D eigenvalue weighted by molar-refractivity contribution is 5.98. The van der Waals surface area contributed by atoms with Crippen molar-refractivity contribution < 1.29 is 9.53 Å². The molecule has 1 aromatic heterocycles. The zero-order valence-electron chi connectivity index (χ0n) is 8.39. The van der Waals surface area contributed by atoms with Gasteiger partial charge in [-0.2, -0.15) is 0 Å². The van der Waals surface area contributed by atoms with Crippen LogP contribution in [0.3, 0.4) is 0 Å². The second-order valence-corrected chi connectivity index (χ2v) is 3.03. The Morgan fingerprint density at radius 2 is 1.86 bits per heavy atom. The smallest absolute Gasteiger partial charge is 0.354 e. The van der Waals surface area contributed by atoms with Crippen LogP contribution >= 0.6 is 0 Å². The maximum Gasteiger partial charge on any atom is 0.354 e. The number of amidine groups is 1. The third-order valence-corrected chi connectivity index (χ3v) is 2.22. The lowest BCUT2D eigenvalue weighted by atomic mass is 10.1. The van der Waals surface area contributed by atoms with Crippen LogP contribution in [-0.2, 0) is 4.74 Å². The molecule has 5 heteroatoms. The predicted octanol–water partition coefficient (Wildman–Crippen LogP) is 0.702. The maximum atomic E-state index is 11.3. The van der Waals surface area contributed by atoms with Crippen molar-refractivity contribution in [1.29, 1.82) is 5.41 Å². The molecular formula is C9H13N3O2. The number of nitrogen functional groups attached to an aromatic ring is 1. The van der Waals surface area contributed by atoms with Crippen molar-refractivity contribution in [3.63, 3.8) is 0 Å². The lowest BCUT2D eigenvalue weighted by Gasteiger charge is -1.96. The molecular weight excluding hydrogens is 182 g/mol. The van der Waals surface area contributed by atoms with Gasteiger partial charge in [0.1, 0.15) is 11.5 Å². The molecule has 1 aromatic rings. The first-order valence-electron chi connectivity index (χ1n) is 4.11. The van der Waals surface area contributed by atoms with Gasteiger partial charge in [-0.25, -0.2) is 4.79 Å². The normalized spacial score (nSPS) is 9.93. The van der Waals surface area contributed by atoms with Gasteiger partial charge in [0.2, 0.25) is 0 Å². The SMILES string of the molecule is COC(=O)c1[nH]c(C(=N)N)c(C)c1C. The van der Waals surface area contributed by atoms with Crippen LogP contribution in [0.2, 0.25) is 0 Å². The van der Waals surface area contributed by atoms with Crippen molar-refractivity contribution in [2.45, 2.75) is 13.8 Å². The number of nitrogens with one attached hydrogen (secondary N) is 2. The van der Waals surface area contributed by atoms with E-state index in [0.29, 0.717) is 11.4 Å². The summed E-state index contributed by atoms with van der Waals surface area (Å²) in [7, 11) is 1.31. The third-order valence-electron chi connectivity index (χ3n) is 2.22. The van der Waals surface area contributed by atoms with Gasteiger partial charge < -0.3 is 15.5 Å². The van der Waals surface area contributed by atoms with Gasteiger partial charge >= 0.3 is 5.97 Å². The van der Waals surface area contributed by atoms with E-state index in [-0.39, 0.29) is 5.84 Å². The van der Waals surface area contributed by atoms with Crippen molar-refractivity contribution in [2.24, 2.45) is 5.73 Å². The fourth-order valence-corrected chi connectivity index (χ4v) is 1.26. The van der Waals surface area contributed by atoms with Crippen molar-refractivity contribution in [3.05, 3.63) is 22.5 Å². The van der Waals surface area contributed by atoms with E-state index >= 15 is 0 Å². The van der Waals surface area contributed by atoms with Crippen LogP contribution < -0.4 is 5.73 Å². The first-order chi connectivity index (χ1) is 6.49. The summed E-state index contributed by atoms with van der Waals surface area (Å²) < 4.78 is 4.58. The van der Waals surface area contributed by atoms with E-state index in [1.54, 1.807) is 13.8 Å². The quantitative estimate of drug-likeness (QED) is 0.368. The zero-order valence-corrected chi connectivity index (χ0v) is 8.39. The fourth-order valence-electron chi connectivity index (χ4n) is 1.26. The molecule has 0 radical (unpaired) electrons. The maximum absolute atomic E-state index is 11.3. The average molecular weight is 195 g/mol. The molecule has 5 nitrogen and oxygen atoms in total. The molecule has 0 saturated carbocycles. The first kappa shape index (κ1) is 10.3. The summed E-state index contributed by atoms with van der Waals surface area (Å²) in [4.78, 5) is 14.0. The minimum absolute atomic E-state index is 0.0826. The zero-order chi connectivity index (χ0) is 10.9. The van der Waals surface area contributed by atoms with E-state index in [2.05, 4.69) is 9.72 Å². The summed E-state index contributed by atoms with van der Waals surface area (Å²) in [5.41, 5.74) is 7.74. The molecule has 76 valence electrons. The molecule has 0 aliphatic rings. The minimum atomic E-state index is -0.446. The molecule has 0 atom stereocenters. The third kappa shape index (κ3) is 1.48. The summed E-state index contributed by atoms with van der Waals surface area (Å²) in [6.07, 6.45) is 0. The van der Waals surface area contributed by atoms with Gasteiger partial charge in [0.25, 0.3) is 0 Å². The molecule has 0 unspecified atom stereocenters. The Morgan fingerprint density at radius 1 is 1.36 bits per heavy atom. The van der Waals surface area contributed by atoms with Crippen LogP contribution in [0.5, 0.6) is 0 Å². The number of nitrogens with two attached hydrogens (primary N) is 1. The number of methoxy groups -OCH3 is 1. The second kappa shape index (κ2) is 3.53. The van der Waals surface area contributed by atoms with Gasteiger partial charge in [-0.15, -0.1) is 0 Å². The van der Waals surface area contributed by atoms with E-state index < -0.39 is 5.97 Å². The molecule has 4 N–H and O–H groups in total. The summed E-state index contributed by atoms with van der Waals surface area (Å²) in [6.45, 7) is 3.58. The molecule has 0 aromatic carbocycles. The highest BCUT2D eigenvalue weighted by Gasteiger charge is 2.17. The number of aromatic nitrogens is 1. The Hall–Kier alpha value is -1.78. The molecule has 0 aliphatic carbocycles. The average Bonchev–Trinajstić information content (AvgIpc) is 2.43. The summed E-state index contributed by atoms with van der Waals surface area (Å²) >= 11 is 0. The Bertz CT molecular complexity index is 393. The van der Waals surface area contributed by atoms with Crippen LogP contribution in [-0.4, -0.2) is 23.9 Å². The van der Waals surface area contributed by atoms with Crippen molar-refractivity contribution in [2.75, 3.05) is 7.11 Å². The number of rotatable bonds is 2. The van der Waals surface area contributed by atoms with Crippen molar-refractivity contribution in [1.82, 2.24) is 4.98 Å². The van der Waals surface area contributed by atoms with E-state index in [0.717, 1.165) is 11.1 Å². The number of esters is 1. The first-order valence-corrected chi connectivity index (χ1v) is 4.11. The number of ether oxygens (including phenoxy) is 1. The molecule has 0 amide bonds. The predicted molar refractivity (Wildman–Crippen MR) is 52.6 cm³/mol. The van der Waals surface area contributed by atoms with Crippen LogP contribution in [0.4, 0.5) is 0 Å². The molecule has 14 heavy (non-hydrogen) atoms. The lowest BCUT2D eigenvalue weighted by Crippen LogP contribution is -2.13. The van der Waals surface area contributed by atoms with Gasteiger partial charge in [0.05, 0.1) is 12.8 Å². The largest absolute Gasteiger partial charge is 0.464 e. The number of carbonyl (C=O) groups excluding carboxylic acids is 1. The van der Waals surface area contributed by atoms with E-state index in [1.807, 2.05) is 0 Å². The molecule has 1 rings (SSSR count). The standard InChI is InChI=1S/C9H13N3O2/c1-4-5(2)7(9(13)14-3)12-6(4)8(10)11/h12H,1-3H3,(H3,10,11). The van der Waals surface area contributed by atoms with Gasteiger partial charge in [0.15, 0.2) is 0 Å². The molecule has 0 saturated heterocycles. The molecule has 0 aliphatic heterocycles. The van der Waals surface area contributed by atoms with Crippen LogP contribution in [0, 0.1) is 19.3 Å². The number of carbonyl (C=O) groups is 1. The Balaban J connectivity index is 3.28. The van der Waals surface area contributed by atoms with E-state index in [9.17, 15) is 4.79 Å². The number of H-pyrrole nitrogens is 1. The minimum Gasteiger partial charge on any atom is -0.464 e. The highest BCUT2D eigenvalue weighted by Crippen LogP contribution is 2.17. The number of hydrogen-bond donors (Lipinski definition) is 3. The number of hydrogen-bond acceptors (Lipinski definition) is 3. The lowest BCUT2D eigenvalue weighted by molar-refractivity contribution is 0.0594. The molecule has 1 heterocycles. The Morgan fingerprint density at radius 3 is 2.21 bits per heavy atom. The summed E-state index contributed by atoms with van der Waals surface area (Å²) in [5, 5.41) is 7.28. The molecule has 0 fully saturated rings. The number of aromatic amines is 1. The topological polar surface area (TPSA) is 92.0 Å². The fraction of sp³-hybridized carbons (Fsp3) is 0.333. The van der Waals surface area contributed by atoms with E-state index in [1.165, 1.54) is 7.11 Å². The Labute approximate surface area is 81.8 Å². The van der Waals surface area contributed by atoms with Gasteiger partial charge in [-0.05, 0) is 25.0 Å². The van der Waals surface area contributed by atoms with Crippen LogP contribution in [0.15, 0.2) is 0 Å². The van der Waals surface area contributed by atoms with Crippen LogP contribution in [0.25, 0.3) is 0 Å². The Kier molecular flexibility index (Phi) is 2.60. The summed E-state index contributed by atoms with van der Waals surface area (Å²) in [6, 6.07) is 0. The summed E-state index contributed by atoms with van der Waals surface area (Å²) in [5.74, 6) is -0.529. The molecule has 0 spiro atoms.